The summed E-state index contributed by atoms with van der Waals surface area (Å²) in [6, 6.07) is 0. The summed E-state index contributed by atoms with van der Waals surface area (Å²) in [5.41, 5.74) is 8.78. The van der Waals surface area contributed by atoms with Gasteiger partial charge in [0.1, 0.15) is 0 Å². The first-order chi connectivity index (χ1) is 5.79. The minimum Gasteiger partial charge on any atom is -0.327 e. The van der Waals surface area contributed by atoms with Crippen molar-refractivity contribution in [2.75, 3.05) is 6.54 Å². The Bertz CT molecular complexity index is 170. The minimum atomic E-state index is 0.756. The van der Waals surface area contributed by atoms with Crippen molar-refractivity contribution in [2.24, 2.45) is 11.7 Å². The lowest BCUT2D eigenvalue weighted by molar-refractivity contribution is 0.437. The van der Waals surface area contributed by atoms with Crippen LogP contribution in [-0.4, -0.2) is 6.54 Å². The van der Waals surface area contributed by atoms with Gasteiger partial charge in [0.15, 0.2) is 0 Å². The maximum Gasteiger partial charge on any atom is 0.0136 e. The standard InChI is InChI=1S/C11H21N/c1-3-10-6-4-5-7-11(10)9(2)8-12/h10H,3-8,12H2,1-2H3. The van der Waals surface area contributed by atoms with Crippen molar-refractivity contribution in [3.63, 3.8) is 0 Å². The average molecular weight is 167 g/mol. The van der Waals surface area contributed by atoms with E-state index in [1.165, 1.54) is 37.7 Å². The number of hydrogen-bond donors (Lipinski definition) is 1. The molecule has 0 aromatic rings. The zero-order valence-corrected chi connectivity index (χ0v) is 8.40. The molecule has 1 aliphatic rings. The molecular formula is C11H21N. The summed E-state index contributed by atoms with van der Waals surface area (Å²) in [7, 11) is 0. The highest BCUT2D eigenvalue weighted by Gasteiger charge is 2.18. The molecule has 1 nitrogen and oxygen atoms in total. The molecule has 1 saturated carbocycles. The van der Waals surface area contributed by atoms with Gasteiger partial charge >= 0.3 is 0 Å². The number of rotatable bonds is 2. The van der Waals surface area contributed by atoms with Crippen molar-refractivity contribution in [3.8, 4) is 0 Å². The van der Waals surface area contributed by atoms with E-state index in [1.807, 2.05) is 0 Å². The Hall–Kier alpha value is -0.300. The van der Waals surface area contributed by atoms with E-state index in [-0.39, 0.29) is 0 Å². The molecule has 0 aliphatic heterocycles. The van der Waals surface area contributed by atoms with E-state index in [1.54, 1.807) is 5.57 Å². The Kier molecular flexibility index (Phi) is 3.80. The molecule has 12 heavy (non-hydrogen) atoms. The molecule has 0 heterocycles. The second-order valence-corrected chi connectivity index (χ2v) is 3.86. The first-order valence-corrected chi connectivity index (χ1v) is 5.18. The van der Waals surface area contributed by atoms with Crippen LogP contribution in [-0.2, 0) is 0 Å². The normalized spacial score (nSPS) is 28.8. The van der Waals surface area contributed by atoms with Gasteiger partial charge in [-0.15, -0.1) is 0 Å². The van der Waals surface area contributed by atoms with Crippen molar-refractivity contribution < 1.29 is 0 Å². The fourth-order valence-corrected chi connectivity index (χ4v) is 2.23. The molecule has 0 radical (unpaired) electrons. The SMILES string of the molecule is CCC1CCCCC1=C(C)CN. The molecule has 0 spiro atoms. The second kappa shape index (κ2) is 4.66. The highest BCUT2D eigenvalue weighted by atomic mass is 14.5. The Morgan fingerprint density at radius 1 is 1.50 bits per heavy atom. The molecule has 1 atom stereocenters. The summed E-state index contributed by atoms with van der Waals surface area (Å²) in [6.07, 6.45) is 6.79. The third-order valence-electron chi connectivity index (χ3n) is 3.09. The summed E-state index contributed by atoms with van der Waals surface area (Å²) in [4.78, 5) is 0. The van der Waals surface area contributed by atoms with Crippen LogP contribution in [0.2, 0.25) is 0 Å². The van der Waals surface area contributed by atoms with Gasteiger partial charge in [0.05, 0.1) is 0 Å². The highest BCUT2D eigenvalue weighted by molar-refractivity contribution is 5.17. The van der Waals surface area contributed by atoms with Gasteiger partial charge in [-0.05, 0) is 38.5 Å². The number of allylic oxidation sites excluding steroid dienone is 1. The van der Waals surface area contributed by atoms with Crippen LogP contribution in [0.15, 0.2) is 11.1 Å². The zero-order valence-electron chi connectivity index (χ0n) is 8.40. The fraction of sp³-hybridized carbons (Fsp3) is 0.818. The van der Waals surface area contributed by atoms with Crippen LogP contribution < -0.4 is 5.73 Å². The van der Waals surface area contributed by atoms with Gasteiger partial charge in [-0.25, -0.2) is 0 Å². The van der Waals surface area contributed by atoms with E-state index >= 15 is 0 Å². The molecule has 1 unspecified atom stereocenters. The van der Waals surface area contributed by atoms with Crippen LogP contribution in [0.25, 0.3) is 0 Å². The smallest absolute Gasteiger partial charge is 0.0136 e. The Morgan fingerprint density at radius 2 is 2.25 bits per heavy atom. The minimum absolute atomic E-state index is 0.756. The van der Waals surface area contributed by atoms with Gasteiger partial charge < -0.3 is 5.73 Å². The van der Waals surface area contributed by atoms with Crippen LogP contribution in [0.4, 0.5) is 0 Å². The van der Waals surface area contributed by atoms with Crippen LogP contribution in [0.5, 0.6) is 0 Å². The molecule has 0 amide bonds. The van der Waals surface area contributed by atoms with Gasteiger partial charge in [-0.1, -0.05) is 24.5 Å². The molecule has 1 heteroatoms. The molecule has 1 aliphatic carbocycles. The molecule has 2 N–H and O–H groups in total. The Morgan fingerprint density at radius 3 is 2.83 bits per heavy atom. The van der Waals surface area contributed by atoms with Crippen molar-refractivity contribution in [1.82, 2.24) is 0 Å². The Balaban J connectivity index is 2.70. The zero-order chi connectivity index (χ0) is 8.97. The van der Waals surface area contributed by atoms with Crippen molar-refractivity contribution in [3.05, 3.63) is 11.1 Å². The van der Waals surface area contributed by atoms with Crippen molar-refractivity contribution in [1.29, 1.82) is 0 Å². The summed E-state index contributed by atoms with van der Waals surface area (Å²) in [5, 5.41) is 0. The Labute approximate surface area is 76.0 Å². The predicted octanol–water partition coefficient (Wildman–Crippen LogP) is 2.86. The molecule has 0 aromatic heterocycles. The number of hydrogen-bond acceptors (Lipinski definition) is 1. The maximum atomic E-state index is 5.66. The highest BCUT2D eigenvalue weighted by Crippen LogP contribution is 2.33. The van der Waals surface area contributed by atoms with Gasteiger partial charge in [-0.2, -0.15) is 0 Å². The molecule has 1 fully saturated rings. The van der Waals surface area contributed by atoms with E-state index in [4.69, 9.17) is 5.73 Å². The lowest BCUT2D eigenvalue weighted by Crippen LogP contribution is -2.14. The topological polar surface area (TPSA) is 26.0 Å². The fourth-order valence-electron chi connectivity index (χ4n) is 2.23. The summed E-state index contributed by atoms with van der Waals surface area (Å²) >= 11 is 0. The third kappa shape index (κ3) is 2.10. The molecule has 1 rings (SSSR count). The molecule has 0 aromatic carbocycles. The lowest BCUT2D eigenvalue weighted by atomic mass is 9.80. The van der Waals surface area contributed by atoms with Gasteiger partial charge in [0, 0.05) is 6.54 Å². The second-order valence-electron chi connectivity index (χ2n) is 3.86. The van der Waals surface area contributed by atoms with Gasteiger partial charge in [0.25, 0.3) is 0 Å². The summed E-state index contributed by atoms with van der Waals surface area (Å²) in [6.45, 7) is 5.24. The summed E-state index contributed by atoms with van der Waals surface area (Å²) < 4.78 is 0. The first-order valence-electron chi connectivity index (χ1n) is 5.18. The van der Waals surface area contributed by atoms with Gasteiger partial charge in [-0.3, -0.25) is 0 Å². The van der Waals surface area contributed by atoms with Crippen LogP contribution >= 0.6 is 0 Å². The summed E-state index contributed by atoms with van der Waals surface area (Å²) in [5.74, 6) is 0.849. The monoisotopic (exact) mass is 167 g/mol. The molecule has 0 saturated heterocycles. The lowest BCUT2D eigenvalue weighted by Gasteiger charge is -2.26. The van der Waals surface area contributed by atoms with E-state index in [0.717, 1.165) is 12.5 Å². The maximum absolute atomic E-state index is 5.66. The first kappa shape index (κ1) is 9.79. The largest absolute Gasteiger partial charge is 0.327 e. The van der Waals surface area contributed by atoms with Crippen LogP contribution in [0.3, 0.4) is 0 Å². The van der Waals surface area contributed by atoms with Gasteiger partial charge in [0.2, 0.25) is 0 Å². The average Bonchev–Trinajstić information content (AvgIpc) is 2.16. The molecular weight excluding hydrogens is 146 g/mol. The number of nitrogens with two attached hydrogens (primary N) is 1. The van der Waals surface area contributed by atoms with E-state index in [0.29, 0.717) is 0 Å². The van der Waals surface area contributed by atoms with Crippen molar-refractivity contribution >= 4 is 0 Å². The quantitative estimate of drug-likeness (QED) is 0.629. The van der Waals surface area contributed by atoms with E-state index < -0.39 is 0 Å². The molecule has 70 valence electrons. The third-order valence-corrected chi connectivity index (χ3v) is 3.09. The molecule has 0 bridgehead atoms. The van der Waals surface area contributed by atoms with E-state index in [9.17, 15) is 0 Å². The van der Waals surface area contributed by atoms with Crippen LogP contribution in [0.1, 0.15) is 46.0 Å². The van der Waals surface area contributed by atoms with Crippen molar-refractivity contribution in [2.45, 2.75) is 46.0 Å². The predicted molar refractivity (Wildman–Crippen MR) is 54.0 cm³/mol. The van der Waals surface area contributed by atoms with Crippen LogP contribution in [0, 0.1) is 5.92 Å². The van der Waals surface area contributed by atoms with E-state index in [2.05, 4.69) is 13.8 Å².